The Morgan fingerprint density at radius 2 is 2.14 bits per heavy atom. The van der Waals surface area contributed by atoms with E-state index in [0.717, 1.165) is 5.65 Å². The molecule has 1 amide bonds. The Bertz CT molecular complexity index is 486. The van der Waals surface area contributed by atoms with Crippen molar-refractivity contribution in [1.29, 1.82) is 0 Å². The standard InChI is InChI=1S/C8H8N2.C5H11NO3.C2H6/c1-7-2-3-8-9-4-5-10(8)6-7;7-2-4-9-3-1-6-5-8;1-2/h2-6H,1H3;5,7H,1-4H2,(H,6,8);1-2H3. The summed E-state index contributed by atoms with van der Waals surface area (Å²) in [6.07, 6.45) is 6.42. The van der Waals surface area contributed by atoms with E-state index >= 15 is 0 Å². The normalized spacial score (nSPS) is 9.14. The number of imidazole rings is 1. The van der Waals surface area contributed by atoms with E-state index in [1.165, 1.54) is 5.56 Å². The Morgan fingerprint density at radius 1 is 1.38 bits per heavy atom. The van der Waals surface area contributed by atoms with E-state index in [1.54, 1.807) is 6.20 Å². The zero-order chi connectivity index (χ0) is 15.9. The highest BCUT2D eigenvalue weighted by Gasteiger charge is 1.90. The number of ether oxygens (including phenoxy) is 1. The van der Waals surface area contributed by atoms with Gasteiger partial charge in [0.1, 0.15) is 5.65 Å². The molecule has 0 aliphatic rings. The Morgan fingerprint density at radius 3 is 2.81 bits per heavy atom. The van der Waals surface area contributed by atoms with Crippen LogP contribution in [0.2, 0.25) is 0 Å². The molecule has 6 heteroatoms. The third-order valence-electron chi connectivity index (χ3n) is 2.25. The second-order valence-corrected chi connectivity index (χ2v) is 3.81. The molecule has 2 rings (SSSR count). The minimum Gasteiger partial charge on any atom is -0.394 e. The van der Waals surface area contributed by atoms with Gasteiger partial charge in [0.15, 0.2) is 0 Å². The quantitative estimate of drug-likeness (QED) is 0.624. The van der Waals surface area contributed by atoms with Gasteiger partial charge >= 0.3 is 0 Å². The van der Waals surface area contributed by atoms with Gasteiger partial charge < -0.3 is 19.6 Å². The second-order valence-electron chi connectivity index (χ2n) is 3.81. The van der Waals surface area contributed by atoms with E-state index in [2.05, 4.69) is 29.5 Å². The van der Waals surface area contributed by atoms with Crippen LogP contribution in [0.4, 0.5) is 0 Å². The molecule has 0 saturated carbocycles. The molecule has 0 saturated heterocycles. The first kappa shape index (κ1) is 19.1. The number of aryl methyl sites for hydroxylation is 1. The average Bonchev–Trinajstić information content (AvgIpc) is 2.97. The zero-order valence-electron chi connectivity index (χ0n) is 13.0. The third kappa shape index (κ3) is 8.78. The van der Waals surface area contributed by atoms with Crippen LogP contribution in [-0.4, -0.2) is 47.3 Å². The molecular formula is C15H25N3O3. The summed E-state index contributed by atoms with van der Waals surface area (Å²) in [4.78, 5) is 13.7. The number of carbonyl (C=O) groups excluding carboxylic acids is 1. The minimum atomic E-state index is 0.0289. The van der Waals surface area contributed by atoms with Gasteiger partial charge in [-0.15, -0.1) is 0 Å². The topological polar surface area (TPSA) is 75.9 Å². The maximum Gasteiger partial charge on any atom is 0.207 e. The van der Waals surface area contributed by atoms with Gasteiger partial charge in [0, 0.05) is 25.1 Å². The van der Waals surface area contributed by atoms with E-state index < -0.39 is 0 Å². The van der Waals surface area contributed by atoms with Gasteiger partial charge in [-0.1, -0.05) is 19.9 Å². The molecule has 0 aliphatic heterocycles. The van der Waals surface area contributed by atoms with Crippen molar-refractivity contribution in [3.63, 3.8) is 0 Å². The molecule has 2 N–H and O–H groups in total. The molecule has 0 spiro atoms. The number of hydrogen-bond acceptors (Lipinski definition) is 4. The van der Waals surface area contributed by atoms with E-state index in [-0.39, 0.29) is 6.61 Å². The van der Waals surface area contributed by atoms with Crippen molar-refractivity contribution in [2.75, 3.05) is 26.4 Å². The van der Waals surface area contributed by atoms with Crippen molar-refractivity contribution >= 4 is 12.1 Å². The van der Waals surface area contributed by atoms with Gasteiger partial charge in [0.2, 0.25) is 6.41 Å². The van der Waals surface area contributed by atoms with Crippen LogP contribution < -0.4 is 5.32 Å². The summed E-state index contributed by atoms with van der Waals surface area (Å²) in [5, 5.41) is 10.6. The number of carbonyl (C=O) groups is 1. The number of fused-ring (bicyclic) bond motifs is 1. The number of aliphatic hydroxyl groups excluding tert-OH is 1. The Balaban J connectivity index is 0.000000344. The number of aromatic nitrogens is 2. The summed E-state index contributed by atoms with van der Waals surface area (Å²) in [5.41, 5.74) is 2.26. The Hall–Kier alpha value is -1.92. The summed E-state index contributed by atoms with van der Waals surface area (Å²) in [5.74, 6) is 0. The molecule has 0 aliphatic carbocycles. The van der Waals surface area contributed by atoms with E-state index in [4.69, 9.17) is 9.84 Å². The van der Waals surface area contributed by atoms with Gasteiger partial charge in [-0.2, -0.15) is 0 Å². The first-order chi connectivity index (χ1) is 10.3. The smallest absolute Gasteiger partial charge is 0.207 e. The predicted molar refractivity (Wildman–Crippen MR) is 83.2 cm³/mol. The number of rotatable bonds is 6. The highest BCUT2D eigenvalue weighted by atomic mass is 16.5. The molecule has 0 bridgehead atoms. The van der Waals surface area contributed by atoms with Gasteiger partial charge in [-0.3, -0.25) is 4.79 Å². The van der Waals surface area contributed by atoms with Crippen molar-refractivity contribution in [3.8, 4) is 0 Å². The average molecular weight is 295 g/mol. The largest absolute Gasteiger partial charge is 0.394 e. The molecule has 21 heavy (non-hydrogen) atoms. The monoisotopic (exact) mass is 295 g/mol. The van der Waals surface area contributed by atoms with E-state index in [0.29, 0.717) is 26.2 Å². The summed E-state index contributed by atoms with van der Waals surface area (Å²) < 4.78 is 6.82. The van der Waals surface area contributed by atoms with Gasteiger partial charge in [-0.05, 0) is 18.6 Å². The van der Waals surface area contributed by atoms with Crippen LogP contribution in [0.5, 0.6) is 0 Å². The summed E-state index contributed by atoms with van der Waals surface area (Å²) in [7, 11) is 0. The molecule has 0 unspecified atom stereocenters. The molecule has 0 atom stereocenters. The number of nitrogens with one attached hydrogen (secondary N) is 1. The molecule has 2 aromatic rings. The maximum atomic E-state index is 9.62. The van der Waals surface area contributed by atoms with E-state index in [1.807, 2.05) is 30.5 Å². The van der Waals surface area contributed by atoms with Crippen LogP contribution in [0.25, 0.3) is 5.65 Å². The van der Waals surface area contributed by atoms with Crippen LogP contribution >= 0.6 is 0 Å². The lowest BCUT2D eigenvalue weighted by atomic mass is 10.3. The molecule has 6 nitrogen and oxygen atoms in total. The Labute approximate surface area is 125 Å². The predicted octanol–water partition coefficient (Wildman–Crippen LogP) is 1.41. The lowest BCUT2D eigenvalue weighted by Gasteiger charge is -1.98. The number of hydrogen-bond donors (Lipinski definition) is 2. The highest BCUT2D eigenvalue weighted by molar-refractivity contribution is 5.45. The summed E-state index contributed by atoms with van der Waals surface area (Å²) in [6, 6.07) is 4.07. The van der Waals surface area contributed by atoms with Crippen LogP contribution in [-0.2, 0) is 9.53 Å². The first-order valence-electron chi connectivity index (χ1n) is 7.03. The molecule has 0 fully saturated rings. The van der Waals surface area contributed by atoms with Gasteiger partial charge in [0.05, 0.1) is 19.8 Å². The summed E-state index contributed by atoms with van der Waals surface area (Å²) >= 11 is 0. The minimum absolute atomic E-state index is 0.0289. The van der Waals surface area contributed by atoms with Crippen LogP contribution in [0.15, 0.2) is 30.7 Å². The molecule has 0 radical (unpaired) electrons. The number of aliphatic hydroxyl groups is 1. The number of amides is 1. The van der Waals surface area contributed by atoms with Crippen LogP contribution in [0, 0.1) is 6.92 Å². The zero-order valence-corrected chi connectivity index (χ0v) is 13.0. The van der Waals surface area contributed by atoms with Gasteiger partial charge in [-0.25, -0.2) is 4.98 Å². The SMILES string of the molecule is CC.Cc1ccc2nccn2c1.O=CNCCOCCO. The van der Waals surface area contributed by atoms with Crippen LogP contribution in [0.3, 0.4) is 0 Å². The second kappa shape index (κ2) is 13.1. The van der Waals surface area contributed by atoms with Gasteiger partial charge in [0.25, 0.3) is 0 Å². The fourth-order valence-electron chi connectivity index (χ4n) is 1.39. The fourth-order valence-corrected chi connectivity index (χ4v) is 1.39. The summed E-state index contributed by atoms with van der Waals surface area (Å²) in [6.45, 7) is 7.39. The third-order valence-corrected chi connectivity index (χ3v) is 2.25. The van der Waals surface area contributed by atoms with Crippen LogP contribution in [0.1, 0.15) is 19.4 Å². The molecule has 2 aromatic heterocycles. The van der Waals surface area contributed by atoms with Crippen molar-refractivity contribution in [2.45, 2.75) is 20.8 Å². The molecule has 0 aromatic carbocycles. The molecule has 118 valence electrons. The fraction of sp³-hybridized carbons (Fsp3) is 0.467. The van der Waals surface area contributed by atoms with Crippen molar-refractivity contribution < 1.29 is 14.6 Å². The van der Waals surface area contributed by atoms with E-state index in [9.17, 15) is 4.79 Å². The number of pyridine rings is 1. The van der Waals surface area contributed by atoms with Crippen molar-refractivity contribution in [3.05, 3.63) is 36.3 Å². The maximum absolute atomic E-state index is 9.62. The lowest BCUT2D eigenvalue weighted by molar-refractivity contribution is -0.109. The highest BCUT2D eigenvalue weighted by Crippen LogP contribution is 2.02. The lowest BCUT2D eigenvalue weighted by Crippen LogP contribution is -2.18. The molecule has 2 heterocycles. The molecular weight excluding hydrogens is 270 g/mol. The van der Waals surface area contributed by atoms with Crippen molar-refractivity contribution in [1.82, 2.24) is 14.7 Å². The van der Waals surface area contributed by atoms with Crippen molar-refractivity contribution in [2.24, 2.45) is 0 Å². The number of nitrogens with zero attached hydrogens (tertiary/aromatic N) is 2. The first-order valence-corrected chi connectivity index (χ1v) is 7.03. The Kier molecular flexibility index (Phi) is 11.9.